The molecule has 1 atom stereocenters. The van der Waals surface area contributed by atoms with Gasteiger partial charge in [0.2, 0.25) is 0 Å². The summed E-state index contributed by atoms with van der Waals surface area (Å²) in [4.78, 5) is 10.6. The molecule has 0 saturated heterocycles. The molecular formula is C10H11FO4. The lowest BCUT2D eigenvalue weighted by Crippen LogP contribution is -2.34. The van der Waals surface area contributed by atoms with Crippen molar-refractivity contribution in [2.45, 2.75) is 5.67 Å². The predicted octanol–water partition coefficient (Wildman–Crippen LogP) is 0.937. The third-order valence-corrected chi connectivity index (χ3v) is 2.10. The van der Waals surface area contributed by atoms with Crippen LogP contribution in [0.15, 0.2) is 24.3 Å². The van der Waals surface area contributed by atoms with Gasteiger partial charge in [0, 0.05) is 5.56 Å². The first kappa shape index (κ1) is 11.5. The SMILES string of the molecule is COc1ccc(C(F)(CO)C(=O)O)cc1. The minimum atomic E-state index is -2.76. The van der Waals surface area contributed by atoms with Crippen molar-refractivity contribution in [3.8, 4) is 5.75 Å². The smallest absolute Gasteiger partial charge is 0.348 e. The van der Waals surface area contributed by atoms with Crippen LogP contribution in [0, 0.1) is 0 Å². The average Bonchev–Trinajstić information content (AvgIpc) is 2.28. The number of carboxylic acids is 1. The van der Waals surface area contributed by atoms with Gasteiger partial charge >= 0.3 is 5.97 Å². The zero-order valence-corrected chi connectivity index (χ0v) is 8.11. The number of carboxylic acid groups (broad SMARTS) is 1. The van der Waals surface area contributed by atoms with Crippen molar-refractivity contribution in [1.82, 2.24) is 0 Å². The van der Waals surface area contributed by atoms with Crippen molar-refractivity contribution < 1.29 is 24.1 Å². The summed E-state index contributed by atoms with van der Waals surface area (Å²) in [5.41, 5.74) is -2.87. The van der Waals surface area contributed by atoms with Gasteiger partial charge in [-0.1, -0.05) is 12.1 Å². The van der Waals surface area contributed by atoms with Gasteiger partial charge in [0.15, 0.2) is 0 Å². The molecular weight excluding hydrogens is 203 g/mol. The van der Waals surface area contributed by atoms with E-state index < -0.39 is 18.2 Å². The highest BCUT2D eigenvalue weighted by Crippen LogP contribution is 2.27. The zero-order chi connectivity index (χ0) is 11.5. The van der Waals surface area contributed by atoms with Gasteiger partial charge in [0.1, 0.15) is 5.75 Å². The number of halogens is 1. The lowest BCUT2D eigenvalue weighted by Gasteiger charge is -2.18. The minimum absolute atomic E-state index is 0.113. The second-order valence-electron chi connectivity index (χ2n) is 2.99. The van der Waals surface area contributed by atoms with Crippen LogP contribution in [0.3, 0.4) is 0 Å². The topological polar surface area (TPSA) is 66.8 Å². The predicted molar refractivity (Wildman–Crippen MR) is 50.5 cm³/mol. The van der Waals surface area contributed by atoms with Gasteiger partial charge in [-0.05, 0) is 12.1 Å². The number of hydrogen-bond acceptors (Lipinski definition) is 3. The van der Waals surface area contributed by atoms with E-state index in [0.717, 1.165) is 0 Å². The first-order chi connectivity index (χ1) is 7.04. The molecule has 15 heavy (non-hydrogen) atoms. The molecule has 0 bridgehead atoms. The lowest BCUT2D eigenvalue weighted by atomic mass is 9.97. The van der Waals surface area contributed by atoms with Crippen molar-refractivity contribution in [1.29, 1.82) is 0 Å². The van der Waals surface area contributed by atoms with Crippen LogP contribution in [0.25, 0.3) is 0 Å². The molecule has 0 saturated carbocycles. The van der Waals surface area contributed by atoms with E-state index in [2.05, 4.69) is 0 Å². The molecule has 4 nitrogen and oxygen atoms in total. The summed E-state index contributed by atoms with van der Waals surface area (Å²) in [7, 11) is 1.45. The second kappa shape index (κ2) is 4.27. The zero-order valence-electron chi connectivity index (χ0n) is 8.11. The number of ether oxygens (including phenoxy) is 1. The summed E-state index contributed by atoms with van der Waals surface area (Å²) in [6, 6.07) is 5.40. The van der Waals surface area contributed by atoms with Crippen molar-refractivity contribution in [2.75, 3.05) is 13.7 Å². The fourth-order valence-electron chi connectivity index (χ4n) is 1.14. The van der Waals surface area contributed by atoms with Gasteiger partial charge in [-0.2, -0.15) is 0 Å². The molecule has 0 aliphatic carbocycles. The maximum atomic E-state index is 13.7. The molecule has 5 heteroatoms. The lowest BCUT2D eigenvalue weighted by molar-refractivity contribution is -0.154. The Kier molecular flexibility index (Phi) is 3.26. The van der Waals surface area contributed by atoms with Gasteiger partial charge in [-0.25, -0.2) is 9.18 Å². The Labute approximate surface area is 85.9 Å². The maximum absolute atomic E-state index is 13.7. The van der Waals surface area contributed by atoms with E-state index in [9.17, 15) is 9.18 Å². The molecule has 1 aromatic rings. The third kappa shape index (κ3) is 2.07. The van der Waals surface area contributed by atoms with E-state index in [1.165, 1.54) is 31.4 Å². The van der Waals surface area contributed by atoms with Gasteiger partial charge in [-0.3, -0.25) is 0 Å². The number of rotatable bonds is 4. The number of carbonyl (C=O) groups is 1. The van der Waals surface area contributed by atoms with Gasteiger partial charge in [-0.15, -0.1) is 0 Å². The highest BCUT2D eigenvalue weighted by atomic mass is 19.1. The number of aliphatic hydroxyl groups is 1. The van der Waals surface area contributed by atoms with Crippen molar-refractivity contribution in [3.05, 3.63) is 29.8 Å². The Bertz CT molecular complexity index is 349. The molecule has 0 aliphatic heterocycles. The molecule has 0 spiro atoms. The third-order valence-electron chi connectivity index (χ3n) is 2.10. The highest BCUT2D eigenvalue weighted by molar-refractivity contribution is 5.79. The highest BCUT2D eigenvalue weighted by Gasteiger charge is 2.40. The van der Waals surface area contributed by atoms with E-state index in [4.69, 9.17) is 14.9 Å². The van der Waals surface area contributed by atoms with Gasteiger partial charge in [0.05, 0.1) is 13.7 Å². The summed E-state index contributed by atoms with van der Waals surface area (Å²) in [5, 5.41) is 17.4. The van der Waals surface area contributed by atoms with Crippen molar-refractivity contribution >= 4 is 5.97 Å². The van der Waals surface area contributed by atoms with E-state index in [-0.39, 0.29) is 5.56 Å². The Hall–Kier alpha value is -1.62. The monoisotopic (exact) mass is 214 g/mol. The standard InChI is InChI=1S/C10H11FO4/c1-15-8-4-2-7(3-5-8)10(11,6-12)9(13)14/h2-5,12H,6H2,1H3,(H,13,14). The molecule has 0 amide bonds. The van der Waals surface area contributed by atoms with E-state index in [1.807, 2.05) is 0 Å². The fourth-order valence-corrected chi connectivity index (χ4v) is 1.14. The van der Waals surface area contributed by atoms with E-state index in [1.54, 1.807) is 0 Å². The summed E-state index contributed by atoms with van der Waals surface area (Å²) < 4.78 is 18.6. The number of benzene rings is 1. The first-order valence-corrected chi connectivity index (χ1v) is 4.22. The van der Waals surface area contributed by atoms with Crippen LogP contribution < -0.4 is 4.74 Å². The Morgan fingerprint density at radius 3 is 2.33 bits per heavy atom. The normalized spacial score (nSPS) is 14.3. The largest absolute Gasteiger partial charge is 0.497 e. The van der Waals surface area contributed by atoms with E-state index >= 15 is 0 Å². The quantitative estimate of drug-likeness (QED) is 0.782. The molecule has 0 fully saturated rings. The molecule has 1 aromatic carbocycles. The molecule has 0 radical (unpaired) electrons. The number of aliphatic carboxylic acids is 1. The van der Waals surface area contributed by atoms with Crippen molar-refractivity contribution in [3.63, 3.8) is 0 Å². The van der Waals surface area contributed by atoms with Crippen LogP contribution in [-0.2, 0) is 10.5 Å². The van der Waals surface area contributed by atoms with Crippen LogP contribution in [-0.4, -0.2) is 29.9 Å². The van der Waals surface area contributed by atoms with Crippen LogP contribution in [0.2, 0.25) is 0 Å². The Balaban J connectivity index is 3.08. The first-order valence-electron chi connectivity index (χ1n) is 4.22. The average molecular weight is 214 g/mol. The van der Waals surface area contributed by atoms with E-state index in [0.29, 0.717) is 5.75 Å². The summed E-state index contributed by atoms with van der Waals surface area (Å²) in [6.07, 6.45) is 0. The molecule has 0 aliphatic rings. The number of methoxy groups -OCH3 is 1. The molecule has 82 valence electrons. The summed E-state index contributed by atoms with van der Waals surface area (Å²) >= 11 is 0. The number of hydrogen-bond donors (Lipinski definition) is 2. The Morgan fingerprint density at radius 2 is 2.00 bits per heavy atom. The van der Waals surface area contributed by atoms with Crippen LogP contribution in [0.5, 0.6) is 5.75 Å². The maximum Gasteiger partial charge on any atom is 0.348 e. The van der Waals surface area contributed by atoms with Crippen LogP contribution >= 0.6 is 0 Å². The second-order valence-corrected chi connectivity index (χ2v) is 2.99. The fraction of sp³-hybridized carbons (Fsp3) is 0.300. The molecule has 0 heterocycles. The minimum Gasteiger partial charge on any atom is -0.497 e. The molecule has 2 N–H and O–H groups in total. The molecule has 0 aromatic heterocycles. The summed E-state index contributed by atoms with van der Waals surface area (Å²) in [5.74, 6) is -1.22. The molecule has 1 unspecified atom stereocenters. The van der Waals surface area contributed by atoms with Crippen molar-refractivity contribution in [2.24, 2.45) is 0 Å². The number of aliphatic hydroxyl groups excluding tert-OH is 1. The number of alkyl halides is 1. The van der Waals surface area contributed by atoms with Crippen LogP contribution in [0.1, 0.15) is 5.56 Å². The Morgan fingerprint density at radius 1 is 1.47 bits per heavy atom. The van der Waals surface area contributed by atoms with Crippen LogP contribution in [0.4, 0.5) is 4.39 Å². The van der Waals surface area contributed by atoms with Gasteiger partial charge in [0.25, 0.3) is 5.67 Å². The van der Waals surface area contributed by atoms with Gasteiger partial charge < -0.3 is 14.9 Å². The summed E-state index contributed by atoms with van der Waals surface area (Å²) in [6.45, 7) is -1.10. The molecule has 1 rings (SSSR count).